The molecule has 0 aliphatic heterocycles. The second kappa shape index (κ2) is 12.2. The van der Waals surface area contributed by atoms with Gasteiger partial charge < -0.3 is 14.8 Å². The fraction of sp³-hybridized carbons (Fsp3) is 0.444. The molecule has 0 radical (unpaired) electrons. The number of carbonyl (C=O) groups is 2. The number of amides is 2. The number of aromatic nitrogens is 2. The van der Waals surface area contributed by atoms with Crippen LogP contribution in [0.15, 0.2) is 48.5 Å². The van der Waals surface area contributed by atoms with E-state index in [0.717, 1.165) is 60.3 Å². The second-order valence-electron chi connectivity index (χ2n) is 8.54. The molecule has 0 bridgehead atoms. The van der Waals surface area contributed by atoms with Crippen molar-refractivity contribution in [1.29, 1.82) is 0 Å². The van der Waals surface area contributed by atoms with E-state index in [2.05, 4.69) is 19.2 Å². The number of fused-ring (bicyclic) bond motifs is 1. The minimum Gasteiger partial charge on any atom is -0.356 e. The van der Waals surface area contributed by atoms with Gasteiger partial charge in [0.05, 0.1) is 17.5 Å². The predicted octanol–water partition coefficient (Wildman–Crippen LogP) is 4.28. The first-order valence-corrected chi connectivity index (χ1v) is 12.1. The fourth-order valence-corrected chi connectivity index (χ4v) is 4.15. The summed E-state index contributed by atoms with van der Waals surface area (Å²) in [5, 5.41) is 3.02. The first-order chi connectivity index (χ1) is 16.0. The van der Waals surface area contributed by atoms with Crippen LogP contribution in [-0.2, 0) is 29.0 Å². The second-order valence-corrected chi connectivity index (χ2v) is 8.54. The summed E-state index contributed by atoms with van der Waals surface area (Å²) in [6.07, 6.45) is 3.76. The van der Waals surface area contributed by atoms with Crippen LogP contribution in [0.2, 0.25) is 0 Å². The Kier molecular flexibility index (Phi) is 9.04. The van der Waals surface area contributed by atoms with Crippen LogP contribution in [-0.4, -0.2) is 45.9 Å². The Bertz CT molecular complexity index is 1070. The van der Waals surface area contributed by atoms with Crippen LogP contribution in [0.3, 0.4) is 0 Å². The Balaban J connectivity index is 1.62. The van der Waals surface area contributed by atoms with E-state index < -0.39 is 0 Å². The third-order valence-corrected chi connectivity index (χ3v) is 5.88. The number of imidazole rings is 1. The summed E-state index contributed by atoms with van der Waals surface area (Å²) in [6, 6.07) is 15.9. The number of hydrogen-bond acceptors (Lipinski definition) is 3. The number of rotatable bonds is 12. The number of benzene rings is 2. The van der Waals surface area contributed by atoms with Gasteiger partial charge in [-0.1, -0.05) is 50.2 Å². The quantitative estimate of drug-likeness (QED) is 0.421. The largest absolute Gasteiger partial charge is 0.356 e. The van der Waals surface area contributed by atoms with E-state index in [1.807, 2.05) is 64.9 Å². The van der Waals surface area contributed by atoms with Crippen molar-refractivity contribution in [3.8, 4) is 0 Å². The lowest BCUT2D eigenvalue weighted by Crippen LogP contribution is -2.35. The number of nitrogens with zero attached hydrogens (tertiary/aromatic N) is 3. The van der Waals surface area contributed by atoms with Crippen LogP contribution in [0.25, 0.3) is 11.0 Å². The molecule has 0 fully saturated rings. The molecule has 176 valence electrons. The summed E-state index contributed by atoms with van der Waals surface area (Å²) in [6.45, 7) is 8.66. The summed E-state index contributed by atoms with van der Waals surface area (Å²) in [7, 11) is 0. The molecule has 1 heterocycles. The lowest BCUT2D eigenvalue weighted by molar-refractivity contribution is -0.131. The van der Waals surface area contributed by atoms with Gasteiger partial charge in [0, 0.05) is 26.1 Å². The number of hydrogen-bond donors (Lipinski definition) is 1. The molecule has 0 atom stereocenters. The normalized spacial score (nSPS) is 11.0. The predicted molar refractivity (Wildman–Crippen MR) is 133 cm³/mol. The Hall–Kier alpha value is -3.15. The van der Waals surface area contributed by atoms with Gasteiger partial charge in [-0.05, 0) is 49.4 Å². The highest BCUT2D eigenvalue weighted by Gasteiger charge is 2.17. The van der Waals surface area contributed by atoms with E-state index in [0.29, 0.717) is 25.9 Å². The smallest absolute Gasteiger partial charge is 0.242 e. The molecule has 0 spiro atoms. The van der Waals surface area contributed by atoms with E-state index in [4.69, 9.17) is 4.98 Å². The summed E-state index contributed by atoms with van der Waals surface area (Å²) in [4.78, 5) is 32.1. The standard InChI is InChI=1S/C27H36N4O2/c1-4-17-30(18-5-2)27(33)20-31-24-14-9-8-13-23(24)29-25(31)15-10-16-28-26(32)19-22-12-7-6-11-21(22)3/h6-9,11-14H,4-5,10,15-20H2,1-3H3,(H,28,32). The molecule has 2 amide bonds. The van der Waals surface area contributed by atoms with Crippen LogP contribution in [0, 0.1) is 6.92 Å². The Labute approximate surface area is 197 Å². The molecule has 0 saturated heterocycles. The van der Waals surface area contributed by atoms with Crippen LogP contribution in [0.1, 0.15) is 50.1 Å². The molecule has 0 aliphatic carbocycles. The van der Waals surface area contributed by atoms with Crippen molar-refractivity contribution >= 4 is 22.8 Å². The number of para-hydroxylation sites is 2. The van der Waals surface area contributed by atoms with Crippen molar-refractivity contribution in [2.45, 2.75) is 59.4 Å². The molecule has 3 aromatic rings. The highest BCUT2D eigenvalue weighted by atomic mass is 16.2. The number of nitrogens with one attached hydrogen (secondary N) is 1. The SMILES string of the molecule is CCCN(CCC)C(=O)Cn1c(CCCNC(=O)Cc2ccccc2C)nc2ccccc21. The maximum absolute atomic E-state index is 13.0. The van der Waals surface area contributed by atoms with Crippen LogP contribution >= 0.6 is 0 Å². The Morgan fingerprint density at radius 2 is 1.70 bits per heavy atom. The minimum absolute atomic E-state index is 0.0303. The van der Waals surface area contributed by atoms with Gasteiger partial charge in [-0.15, -0.1) is 0 Å². The maximum atomic E-state index is 13.0. The van der Waals surface area contributed by atoms with Crippen LogP contribution < -0.4 is 5.32 Å². The zero-order valence-electron chi connectivity index (χ0n) is 20.1. The van der Waals surface area contributed by atoms with Gasteiger partial charge in [-0.2, -0.15) is 0 Å². The fourth-order valence-electron chi connectivity index (χ4n) is 4.15. The van der Waals surface area contributed by atoms with Gasteiger partial charge in [0.25, 0.3) is 0 Å². The van der Waals surface area contributed by atoms with Gasteiger partial charge in [0.1, 0.15) is 12.4 Å². The monoisotopic (exact) mass is 448 g/mol. The number of aryl methyl sites for hydroxylation is 2. The molecule has 6 heteroatoms. The summed E-state index contributed by atoms with van der Waals surface area (Å²) in [5.74, 6) is 1.06. The van der Waals surface area contributed by atoms with Gasteiger partial charge in [-0.3, -0.25) is 9.59 Å². The van der Waals surface area contributed by atoms with Gasteiger partial charge in [0.2, 0.25) is 11.8 Å². The maximum Gasteiger partial charge on any atom is 0.242 e. The number of carbonyl (C=O) groups excluding carboxylic acids is 2. The van der Waals surface area contributed by atoms with E-state index in [-0.39, 0.29) is 11.8 Å². The summed E-state index contributed by atoms with van der Waals surface area (Å²) < 4.78 is 2.05. The molecule has 0 saturated carbocycles. The van der Waals surface area contributed by atoms with Crippen LogP contribution in [0.5, 0.6) is 0 Å². The minimum atomic E-state index is 0.0303. The van der Waals surface area contributed by atoms with E-state index in [9.17, 15) is 9.59 Å². The average molecular weight is 449 g/mol. The third kappa shape index (κ3) is 6.67. The topological polar surface area (TPSA) is 67.2 Å². The molecule has 6 nitrogen and oxygen atoms in total. The van der Waals surface area contributed by atoms with Crippen molar-refractivity contribution in [1.82, 2.24) is 19.8 Å². The van der Waals surface area contributed by atoms with Crippen molar-refractivity contribution in [2.24, 2.45) is 0 Å². The average Bonchev–Trinajstić information content (AvgIpc) is 3.15. The summed E-state index contributed by atoms with van der Waals surface area (Å²) in [5.41, 5.74) is 4.07. The molecule has 1 aromatic heterocycles. The molecular weight excluding hydrogens is 412 g/mol. The van der Waals surface area contributed by atoms with E-state index >= 15 is 0 Å². The van der Waals surface area contributed by atoms with Crippen molar-refractivity contribution in [3.63, 3.8) is 0 Å². The molecule has 1 N–H and O–H groups in total. The van der Waals surface area contributed by atoms with Crippen molar-refractivity contribution < 1.29 is 9.59 Å². The van der Waals surface area contributed by atoms with Crippen molar-refractivity contribution in [2.75, 3.05) is 19.6 Å². The third-order valence-electron chi connectivity index (χ3n) is 5.88. The molecule has 33 heavy (non-hydrogen) atoms. The zero-order chi connectivity index (χ0) is 23.6. The van der Waals surface area contributed by atoms with E-state index in [1.54, 1.807) is 0 Å². The van der Waals surface area contributed by atoms with Gasteiger partial charge in [-0.25, -0.2) is 4.98 Å². The molecular formula is C27H36N4O2. The molecule has 2 aromatic carbocycles. The molecule has 3 rings (SSSR count). The Morgan fingerprint density at radius 3 is 2.42 bits per heavy atom. The highest BCUT2D eigenvalue weighted by Crippen LogP contribution is 2.18. The first kappa shape index (κ1) is 24.5. The van der Waals surface area contributed by atoms with Gasteiger partial charge >= 0.3 is 0 Å². The van der Waals surface area contributed by atoms with Crippen LogP contribution in [0.4, 0.5) is 0 Å². The van der Waals surface area contributed by atoms with Gasteiger partial charge in [0.15, 0.2) is 0 Å². The lowest BCUT2D eigenvalue weighted by atomic mass is 10.1. The molecule has 0 unspecified atom stereocenters. The Morgan fingerprint density at radius 1 is 1.00 bits per heavy atom. The zero-order valence-corrected chi connectivity index (χ0v) is 20.1. The highest BCUT2D eigenvalue weighted by molar-refractivity contribution is 5.81. The lowest BCUT2D eigenvalue weighted by Gasteiger charge is -2.22. The first-order valence-electron chi connectivity index (χ1n) is 12.1. The van der Waals surface area contributed by atoms with Crippen molar-refractivity contribution in [3.05, 3.63) is 65.5 Å². The summed E-state index contributed by atoms with van der Waals surface area (Å²) >= 11 is 0. The van der Waals surface area contributed by atoms with E-state index in [1.165, 1.54) is 0 Å². The molecule has 0 aliphatic rings.